The topological polar surface area (TPSA) is 98.5 Å². The maximum atomic E-state index is 12.0. The summed E-state index contributed by atoms with van der Waals surface area (Å²) in [7, 11) is -2.36. The minimum absolute atomic E-state index is 0.137. The molecule has 1 N–H and O–H groups in total. The van der Waals surface area contributed by atoms with Crippen LogP contribution >= 0.6 is 0 Å². The Morgan fingerprint density at radius 2 is 2.12 bits per heavy atom. The Labute approximate surface area is 101 Å². The first kappa shape index (κ1) is 13.9. The normalized spacial score (nSPS) is 19.6. The van der Waals surface area contributed by atoms with E-state index in [4.69, 9.17) is 10.4 Å². The highest BCUT2D eigenvalue weighted by Crippen LogP contribution is 2.49. The lowest BCUT2D eigenvalue weighted by atomic mass is 10.1. The smallest absolute Gasteiger partial charge is 0.321 e. The van der Waals surface area contributed by atoms with Crippen LogP contribution in [0.1, 0.15) is 26.2 Å². The molecule has 96 valence electrons. The van der Waals surface area contributed by atoms with Gasteiger partial charge in [-0.2, -0.15) is 9.57 Å². The van der Waals surface area contributed by atoms with E-state index in [1.165, 1.54) is 14.0 Å². The summed E-state index contributed by atoms with van der Waals surface area (Å²) < 4.78 is 24.8. The van der Waals surface area contributed by atoms with E-state index < -0.39 is 27.4 Å². The highest BCUT2D eigenvalue weighted by Gasteiger charge is 2.47. The maximum absolute atomic E-state index is 12.0. The second-order valence-electron chi connectivity index (χ2n) is 4.62. The number of nitriles is 1. The van der Waals surface area contributed by atoms with Crippen molar-refractivity contribution in [3.63, 3.8) is 0 Å². The van der Waals surface area contributed by atoms with Gasteiger partial charge in [0.05, 0.1) is 11.8 Å². The molecule has 1 saturated carbocycles. The number of hydrogen-bond donors (Lipinski definition) is 1. The minimum atomic E-state index is -3.62. The van der Waals surface area contributed by atoms with Gasteiger partial charge in [-0.25, -0.2) is 8.42 Å². The van der Waals surface area contributed by atoms with Gasteiger partial charge in [0.2, 0.25) is 10.0 Å². The van der Waals surface area contributed by atoms with E-state index in [1.54, 1.807) is 0 Å². The van der Waals surface area contributed by atoms with E-state index in [1.807, 2.05) is 6.07 Å². The van der Waals surface area contributed by atoms with Gasteiger partial charge in [-0.05, 0) is 25.2 Å². The molecule has 1 aliphatic carbocycles. The molecule has 0 amide bonds. The van der Waals surface area contributed by atoms with E-state index in [9.17, 15) is 13.2 Å². The van der Waals surface area contributed by atoms with E-state index >= 15 is 0 Å². The summed E-state index contributed by atoms with van der Waals surface area (Å²) in [5.41, 5.74) is -0.444. The van der Waals surface area contributed by atoms with Gasteiger partial charge in [0.1, 0.15) is 6.04 Å². The summed E-state index contributed by atoms with van der Waals surface area (Å²) in [6, 6.07) is 0.899. The van der Waals surface area contributed by atoms with Crippen molar-refractivity contribution < 1.29 is 18.3 Å². The van der Waals surface area contributed by atoms with Crippen molar-refractivity contribution in [3.8, 4) is 6.07 Å². The van der Waals surface area contributed by atoms with Gasteiger partial charge in [-0.3, -0.25) is 4.79 Å². The third-order valence-corrected chi connectivity index (χ3v) is 5.41. The minimum Gasteiger partial charge on any atom is -0.480 e. The maximum Gasteiger partial charge on any atom is 0.321 e. The van der Waals surface area contributed by atoms with Gasteiger partial charge in [0.15, 0.2) is 0 Å². The highest BCUT2D eigenvalue weighted by atomic mass is 32.2. The molecule has 0 bridgehead atoms. The number of rotatable bonds is 6. The summed E-state index contributed by atoms with van der Waals surface area (Å²) in [5, 5.41) is 17.4. The Hall–Kier alpha value is -1.13. The van der Waals surface area contributed by atoms with Gasteiger partial charge in [-0.1, -0.05) is 0 Å². The molecule has 0 spiro atoms. The first-order valence-electron chi connectivity index (χ1n) is 5.30. The van der Waals surface area contributed by atoms with Crippen LogP contribution < -0.4 is 0 Å². The molecule has 1 aliphatic rings. The number of carboxylic acid groups (broad SMARTS) is 1. The molecule has 1 fully saturated rings. The molecule has 6 nitrogen and oxygen atoms in total. The van der Waals surface area contributed by atoms with Crippen molar-refractivity contribution in [2.75, 3.05) is 12.8 Å². The standard InChI is InChI=1S/C10H16N2O4S/c1-8(9(13)14)12(2)17(15,16)7-10(3-4-10)5-6-11/h8H,3-5,7H2,1-2H3,(H,13,14). The van der Waals surface area contributed by atoms with Crippen molar-refractivity contribution in [1.82, 2.24) is 4.31 Å². The third-order valence-electron chi connectivity index (χ3n) is 3.24. The number of likely N-dealkylation sites (N-methyl/N-ethyl adjacent to an activating group) is 1. The Balaban J connectivity index is 2.76. The first-order chi connectivity index (χ1) is 7.74. The molecule has 0 radical (unpaired) electrons. The molecule has 0 aromatic rings. The van der Waals surface area contributed by atoms with E-state index in [0.717, 1.165) is 17.1 Å². The zero-order valence-corrected chi connectivity index (χ0v) is 10.7. The van der Waals surface area contributed by atoms with Gasteiger partial charge >= 0.3 is 5.97 Å². The van der Waals surface area contributed by atoms with Crippen molar-refractivity contribution in [2.45, 2.75) is 32.2 Å². The van der Waals surface area contributed by atoms with Crippen molar-refractivity contribution in [1.29, 1.82) is 5.26 Å². The second kappa shape index (κ2) is 4.63. The molecule has 1 unspecified atom stereocenters. The van der Waals surface area contributed by atoms with Gasteiger partial charge in [-0.15, -0.1) is 0 Å². The molecule has 0 aromatic carbocycles. The van der Waals surface area contributed by atoms with E-state index in [0.29, 0.717) is 0 Å². The number of carboxylic acids is 1. The highest BCUT2D eigenvalue weighted by molar-refractivity contribution is 7.89. The zero-order chi connectivity index (χ0) is 13.3. The fraction of sp³-hybridized carbons (Fsp3) is 0.800. The SMILES string of the molecule is CC(C(=O)O)N(C)S(=O)(=O)CC1(CC#N)CC1. The molecular formula is C10H16N2O4S. The van der Waals surface area contributed by atoms with Crippen molar-refractivity contribution in [2.24, 2.45) is 5.41 Å². The van der Waals surface area contributed by atoms with E-state index in [2.05, 4.69) is 0 Å². The summed E-state index contributed by atoms with van der Waals surface area (Å²) in [4.78, 5) is 10.7. The molecule has 0 aromatic heterocycles. The fourth-order valence-electron chi connectivity index (χ4n) is 1.60. The average Bonchev–Trinajstić information content (AvgIpc) is 2.95. The summed E-state index contributed by atoms with van der Waals surface area (Å²) in [6.07, 6.45) is 1.64. The van der Waals surface area contributed by atoms with Crippen molar-refractivity contribution >= 4 is 16.0 Å². The number of hydrogen-bond acceptors (Lipinski definition) is 4. The predicted molar refractivity (Wildman–Crippen MR) is 60.5 cm³/mol. The first-order valence-corrected chi connectivity index (χ1v) is 6.90. The molecular weight excluding hydrogens is 244 g/mol. The quantitative estimate of drug-likeness (QED) is 0.746. The molecule has 0 saturated heterocycles. The fourth-order valence-corrected chi connectivity index (χ4v) is 3.54. The summed E-state index contributed by atoms with van der Waals surface area (Å²) in [6.45, 7) is 1.32. The number of sulfonamides is 1. The largest absolute Gasteiger partial charge is 0.480 e. The molecule has 0 heterocycles. The lowest BCUT2D eigenvalue weighted by molar-refractivity contribution is -0.140. The van der Waals surface area contributed by atoms with Crippen molar-refractivity contribution in [3.05, 3.63) is 0 Å². The van der Waals surface area contributed by atoms with Crippen LogP contribution in [0.3, 0.4) is 0 Å². The Kier molecular flexibility index (Phi) is 3.79. The average molecular weight is 260 g/mol. The van der Waals surface area contributed by atoms with Gasteiger partial charge in [0, 0.05) is 13.5 Å². The van der Waals surface area contributed by atoms with Crippen LogP contribution in [0.4, 0.5) is 0 Å². The number of carbonyl (C=O) groups is 1. The Morgan fingerprint density at radius 3 is 2.47 bits per heavy atom. The lowest BCUT2D eigenvalue weighted by Crippen LogP contribution is -2.42. The second-order valence-corrected chi connectivity index (χ2v) is 6.65. The molecule has 1 rings (SSSR count). The van der Waals surface area contributed by atoms with Crippen LogP contribution in [0.2, 0.25) is 0 Å². The number of nitrogens with zero attached hydrogens (tertiary/aromatic N) is 2. The molecule has 1 atom stereocenters. The van der Waals surface area contributed by atoms with Crippen LogP contribution in [0.5, 0.6) is 0 Å². The molecule has 7 heteroatoms. The summed E-state index contributed by atoms with van der Waals surface area (Å²) in [5.74, 6) is -1.32. The third kappa shape index (κ3) is 3.17. The van der Waals surface area contributed by atoms with Crippen LogP contribution in [0, 0.1) is 16.7 Å². The predicted octanol–water partition coefficient (Wildman–Crippen LogP) is 0.415. The zero-order valence-electron chi connectivity index (χ0n) is 9.88. The van der Waals surface area contributed by atoms with Crippen LogP contribution in [0.15, 0.2) is 0 Å². The monoisotopic (exact) mass is 260 g/mol. The van der Waals surface area contributed by atoms with Gasteiger partial charge < -0.3 is 5.11 Å². The van der Waals surface area contributed by atoms with Crippen LogP contribution in [-0.2, 0) is 14.8 Å². The van der Waals surface area contributed by atoms with E-state index in [-0.39, 0.29) is 12.2 Å². The van der Waals surface area contributed by atoms with Crippen LogP contribution in [0.25, 0.3) is 0 Å². The Bertz CT molecular complexity index is 447. The summed E-state index contributed by atoms with van der Waals surface area (Å²) >= 11 is 0. The van der Waals surface area contributed by atoms with Gasteiger partial charge in [0.25, 0.3) is 0 Å². The molecule has 17 heavy (non-hydrogen) atoms. The van der Waals surface area contributed by atoms with Crippen LogP contribution in [-0.4, -0.2) is 42.6 Å². The lowest BCUT2D eigenvalue weighted by Gasteiger charge is -2.23. The number of aliphatic carboxylic acids is 1. The molecule has 0 aliphatic heterocycles. The Morgan fingerprint density at radius 1 is 1.59 bits per heavy atom.